The maximum Gasteiger partial charge on any atom is 0.320 e. The van der Waals surface area contributed by atoms with E-state index < -0.39 is 17.9 Å². The molecule has 1 atom stereocenters. The Balaban J connectivity index is 1.97. The summed E-state index contributed by atoms with van der Waals surface area (Å²) in [6.07, 6.45) is 12.9. The van der Waals surface area contributed by atoms with Gasteiger partial charge in [-0.2, -0.15) is 0 Å². The Morgan fingerprint density at radius 1 is 0.857 bits per heavy atom. The Morgan fingerprint density at radius 3 is 1.96 bits per heavy atom. The molecule has 6 heteroatoms. The molecular formula is C22H40O6. The molecule has 0 aliphatic carbocycles. The maximum atomic E-state index is 11.9. The summed E-state index contributed by atoms with van der Waals surface area (Å²) in [5.41, 5.74) is 0. The van der Waals surface area contributed by atoms with Gasteiger partial charge in [-0.15, -0.1) is 0 Å². The highest BCUT2D eigenvalue weighted by molar-refractivity contribution is 5.94. The van der Waals surface area contributed by atoms with Crippen molar-refractivity contribution >= 4 is 11.9 Å². The van der Waals surface area contributed by atoms with Gasteiger partial charge in [-0.25, -0.2) is 0 Å². The largest absolute Gasteiger partial charge is 0.465 e. The summed E-state index contributed by atoms with van der Waals surface area (Å²) in [7, 11) is 0. The molecule has 1 heterocycles. The predicted octanol–water partition coefficient (Wildman–Crippen LogP) is 4.78. The third kappa shape index (κ3) is 11.6. The molecule has 1 unspecified atom stereocenters. The topological polar surface area (TPSA) is 71.1 Å². The van der Waals surface area contributed by atoms with Crippen LogP contribution in [0.5, 0.6) is 0 Å². The van der Waals surface area contributed by atoms with Crippen LogP contribution in [-0.2, 0) is 28.5 Å². The predicted molar refractivity (Wildman–Crippen MR) is 108 cm³/mol. The van der Waals surface area contributed by atoms with Crippen molar-refractivity contribution in [3.8, 4) is 0 Å². The van der Waals surface area contributed by atoms with Crippen LogP contribution in [0.4, 0.5) is 0 Å². The number of carbonyl (C=O) groups is 2. The van der Waals surface area contributed by atoms with Gasteiger partial charge in [0.2, 0.25) is 0 Å². The molecule has 0 saturated carbocycles. The average molecular weight is 401 g/mol. The van der Waals surface area contributed by atoms with E-state index in [0.29, 0.717) is 6.42 Å². The molecule has 0 aromatic carbocycles. The first-order valence-corrected chi connectivity index (χ1v) is 11.3. The lowest BCUT2D eigenvalue weighted by molar-refractivity contribution is -0.163. The molecule has 0 bridgehead atoms. The van der Waals surface area contributed by atoms with Crippen molar-refractivity contribution in [2.75, 3.05) is 26.4 Å². The normalized spacial score (nSPS) is 16.9. The summed E-state index contributed by atoms with van der Waals surface area (Å²) in [5, 5.41) is 0. The van der Waals surface area contributed by atoms with E-state index in [1.54, 1.807) is 13.8 Å². The lowest BCUT2D eigenvalue weighted by atomic mass is 10.00. The molecule has 0 radical (unpaired) electrons. The highest BCUT2D eigenvalue weighted by Gasteiger charge is 2.28. The third-order valence-electron chi connectivity index (χ3n) is 4.97. The Morgan fingerprint density at radius 2 is 1.43 bits per heavy atom. The number of rotatable bonds is 16. The molecule has 1 fully saturated rings. The zero-order chi connectivity index (χ0) is 20.5. The number of ether oxygens (including phenoxy) is 4. The van der Waals surface area contributed by atoms with Crippen molar-refractivity contribution in [1.29, 1.82) is 0 Å². The van der Waals surface area contributed by atoms with Crippen LogP contribution in [0.2, 0.25) is 0 Å². The van der Waals surface area contributed by atoms with Crippen LogP contribution in [0, 0.1) is 5.92 Å². The summed E-state index contributed by atoms with van der Waals surface area (Å²) >= 11 is 0. The molecule has 0 amide bonds. The molecular weight excluding hydrogens is 360 g/mol. The first-order chi connectivity index (χ1) is 13.7. The molecule has 0 N–H and O–H groups in total. The molecule has 1 saturated heterocycles. The summed E-state index contributed by atoms with van der Waals surface area (Å²) in [4.78, 5) is 23.8. The second kappa shape index (κ2) is 16.8. The highest BCUT2D eigenvalue weighted by Crippen LogP contribution is 2.17. The lowest BCUT2D eigenvalue weighted by Gasteiger charge is -2.22. The summed E-state index contributed by atoms with van der Waals surface area (Å²) in [5.74, 6) is -1.68. The highest BCUT2D eigenvalue weighted by atomic mass is 16.7. The van der Waals surface area contributed by atoms with E-state index in [9.17, 15) is 9.59 Å². The second-order valence-electron chi connectivity index (χ2n) is 7.34. The molecule has 0 aromatic heterocycles. The summed E-state index contributed by atoms with van der Waals surface area (Å²) < 4.78 is 21.3. The van der Waals surface area contributed by atoms with Crippen LogP contribution in [0.3, 0.4) is 0 Å². The van der Waals surface area contributed by atoms with E-state index in [-0.39, 0.29) is 19.5 Å². The Bertz CT molecular complexity index is 388. The van der Waals surface area contributed by atoms with E-state index in [2.05, 4.69) is 0 Å². The van der Waals surface area contributed by atoms with E-state index in [1.807, 2.05) is 0 Å². The monoisotopic (exact) mass is 400 g/mol. The van der Waals surface area contributed by atoms with Gasteiger partial charge in [-0.3, -0.25) is 9.59 Å². The van der Waals surface area contributed by atoms with E-state index in [0.717, 1.165) is 51.7 Å². The Labute approximate surface area is 170 Å². The van der Waals surface area contributed by atoms with Crippen molar-refractivity contribution in [2.45, 2.75) is 97.2 Å². The van der Waals surface area contributed by atoms with Crippen molar-refractivity contribution in [2.24, 2.45) is 5.92 Å². The molecule has 164 valence electrons. The molecule has 1 aliphatic heterocycles. The molecule has 0 spiro atoms. The van der Waals surface area contributed by atoms with Crippen LogP contribution in [0.15, 0.2) is 0 Å². The quantitative estimate of drug-likeness (QED) is 0.211. The van der Waals surface area contributed by atoms with Gasteiger partial charge in [0.1, 0.15) is 0 Å². The fraction of sp³-hybridized carbons (Fsp3) is 0.909. The lowest BCUT2D eigenvalue weighted by Crippen LogP contribution is -2.28. The van der Waals surface area contributed by atoms with Crippen molar-refractivity contribution < 1.29 is 28.5 Å². The molecule has 1 rings (SSSR count). The van der Waals surface area contributed by atoms with Crippen molar-refractivity contribution in [1.82, 2.24) is 0 Å². The van der Waals surface area contributed by atoms with Crippen LogP contribution in [0.25, 0.3) is 0 Å². The van der Waals surface area contributed by atoms with Crippen molar-refractivity contribution in [3.05, 3.63) is 0 Å². The minimum Gasteiger partial charge on any atom is -0.465 e. The number of unbranched alkanes of at least 4 members (excludes halogenated alkanes) is 7. The van der Waals surface area contributed by atoms with E-state index in [1.165, 1.54) is 32.1 Å². The van der Waals surface area contributed by atoms with Crippen LogP contribution in [0.1, 0.15) is 90.9 Å². The van der Waals surface area contributed by atoms with Gasteiger partial charge in [0.15, 0.2) is 12.2 Å². The van der Waals surface area contributed by atoms with Gasteiger partial charge in [-0.05, 0) is 46.0 Å². The minimum absolute atomic E-state index is 0.0294. The molecule has 0 aromatic rings. The fourth-order valence-electron chi connectivity index (χ4n) is 3.39. The third-order valence-corrected chi connectivity index (χ3v) is 4.97. The summed E-state index contributed by atoms with van der Waals surface area (Å²) in [6, 6.07) is 0. The number of hydrogen-bond acceptors (Lipinski definition) is 6. The fourth-order valence-corrected chi connectivity index (χ4v) is 3.39. The smallest absolute Gasteiger partial charge is 0.320 e. The van der Waals surface area contributed by atoms with Crippen molar-refractivity contribution in [3.63, 3.8) is 0 Å². The Hall–Kier alpha value is -1.14. The van der Waals surface area contributed by atoms with Crippen LogP contribution < -0.4 is 0 Å². The minimum atomic E-state index is -0.770. The molecule has 6 nitrogen and oxygen atoms in total. The second-order valence-corrected chi connectivity index (χ2v) is 7.34. The van der Waals surface area contributed by atoms with Gasteiger partial charge < -0.3 is 18.9 Å². The summed E-state index contributed by atoms with van der Waals surface area (Å²) in [6.45, 7) is 5.70. The molecule has 28 heavy (non-hydrogen) atoms. The van der Waals surface area contributed by atoms with Gasteiger partial charge in [0, 0.05) is 13.2 Å². The van der Waals surface area contributed by atoms with Crippen LogP contribution >= 0.6 is 0 Å². The van der Waals surface area contributed by atoms with Gasteiger partial charge >= 0.3 is 11.9 Å². The van der Waals surface area contributed by atoms with Gasteiger partial charge in [0.05, 0.1) is 13.2 Å². The first-order valence-electron chi connectivity index (χ1n) is 11.3. The zero-order valence-electron chi connectivity index (χ0n) is 17.9. The first kappa shape index (κ1) is 24.9. The number of esters is 2. The SMILES string of the molecule is CCOC(=O)C(CCCCCCCCCCOC1CCCCO1)C(=O)OCC. The van der Waals surface area contributed by atoms with E-state index in [4.69, 9.17) is 18.9 Å². The van der Waals surface area contributed by atoms with Crippen LogP contribution in [-0.4, -0.2) is 44.7 Å². The van der Waals surface area contributed by atoms with Gasteiger partial charge in [-0.1, -0.05) is 44.9 Å². The molecule has 1 aliphatic rings. The zero-order valence-corrected chi connectivity index (χ0v) is 17.9. The number of hydrogen-bond donors (Lipinski definition) is 0. The van der Waals surface area contributed by atoms with E-state index >= 15 is 0 Å². The maximum absolute atomic E-state index is 11.9. The number of carbonyl (C=O) groups excluding carboxylic acids is 2. The Kier molecular flexibility index (Phi) is 14.9. The van der Waals surface area contributed by atoms with Gasteiger partial charge in [0.25, 0.3) is 0 Å². The average Bonchev–Trinajstić information content (AvgIpc) is 2.70. The standard InChI is InChI=1S/C22H40O6/c1-3-25-21(23)19(22(24)26-4-2)15-11-9-7-5-6-8-10-13-17-27-20-16-12-14-18-28-20/h19-20H,3-18H2,1-2H3.